The average Bonchev–Trinajstić information content (AvgIpc) is 1.89. The zero-order valence-electron chi connectivity index (χ0n) is 6.41. The predicted molar refractivity (Wildman–Crippen MR) is 41.0 cm³/mol. The SMILES string of the molecule is CCCCC/C=[C]\NC. The van der Waals surface area contributed by atoms with Crippen molar-refractivity contribution < 1.29 is 0 Å². The van der Waals surface area contributed by atoms with Gasteiger partial charge in [-0.2, -0.15) is 0 Å². The van der Waals surface area contributed by atoms with Gasteiger partial charge in [-0.25, -0.2) is 0 Å². The van der Waals surface area contributed by atoms with Crippen LogP contribution in [0.2, 0.25) is 0 Å². The van der Waals surface area contributed by atoms with E-state index in [4.69, 9.17) is 0 Å². The van der Waals surface area contributed by atoms with Crippen molar-refractivity contribution in [3.63, 3.8) is 0 Å². The van der Waals surface area contributed by atoms with Gasteiger partial charge in [0.15, 0.2) is 0 Å². The maximum atomic E-state index is 2.93. The molecule has 0 aromatic rings. The molecule has 1 heteroatoms. The van der Waals surface area contributed by atoms with E-state index in [1.807, 2.05) is 7.05 Å². The minimum atomic E-state index is 1.16. The summed E-state index contributed by atoms with van der Waals surface area (Å²) in [7, 11) is 1.87. The summed E-state index contributed by atoms with van der Waals surface area (Å²) >= 11 is 0. The Morgan fingerprint density at radius 3 is 2.78 bits per heavy atom. The van der Waals surface area contributed by atoms with Gasteiger partial charge < -0.3 is 5.32 Å². The molecule has 0 bridgehead atoms. The van der Waals surface area contributed by atoms with E-state index < -0.39 is 0 Å². The lowest BCUT2D eigenvalue weighted by atomic mass is 10.2. The maximum Gasteiger partial charge on any atom is 0.0529 e. The summed E-state index contributed by atoms with van der Waals surface area (Å²) in [6.07, 6.45) is 10.1. The zero-order valence-corrected chi connectivity index (χ0v) is 6.41. The minimum Gasteiger partial charge on any atom is -0.387 e. The monoisotopic (exact) mass is 126 g/mol. The van der Waals surface area contributed by atoms with Crippen molar-refractivity contribution >= 4 is 0 Å². The molecule has 0 spiro atoms. The molecule has 0 unspecified atom stereocenters. The summed E-state index contributed by atoms with van der Waals surface area (Å²) in [5.41, 5.74) is 0. The number of allylic oxidation sites excluding steroid dienone is 1. The molecule has 0 aliphatic heterocycles. The molecule has 1 N–H and O–H groups in total. The maximum absolute atomic E-state index is 2.93. The Morgan fingerprint density at radius 1 is 1.44 bits per heavy atom. The second-order valence-electron chi connectivity index (χ2n) is 2.09. The smallest absolute Gasteiger partial charge is 0.0529 e. The molecular weight excluding hydrogens is 110 g/mol. The van der Waals surface area contributed by atoms with E-state index in [-0.39, 0.29) is 0 Å². The van der Waals surface area contributed by atoms with Crippen molar-refractivity contribution in [3.8, 4) is 0 Å². The van der Waals surface area contributed by atoms with Crippen molar-refractivity contribution in [1.82, 2.24) is 5.32 Å². The first kappa shape index (κ1) is 8.54. The van der Waals surface area contributed by atoms with E-state index >= 15 is 0 Å². The summed E-state index contributed by atoms with van der Waals surface area (Å²) in [5.74, 6) is 0. The van der Waals surface area contributed by atoms with Gasteiger partial charge in [0.2, 0.25) is 0 Å². The molecule has 0 saturated carbocycles. The normalized spacial score (nSPS) is 10.4. The third-order valence-electron chi connectivity index (χ3n) is 1.20. The van der Waals surface area contributed by atoms with Crippen molar-refractivity contribution in [1.29, 1.82) is 0 Å². The first-order valence-corrected chi connectivity index (χ1v) is 3.65. The predicted octanol–water partition coefficient (Wildman–Crippen LogP) is 2.10. The van der Waals surface area contributed by atoms with Gasteiger partial charge in [0.25, 0.3) is 0 Å². The van der Waals surface area contributed by atoms with Crippen LogP contribution in [0.5, 0.6) is 0 Å². The molecule has 0 aliphatic rings. The lowest BCUT2D eigenvalue weighted by Gasteiger charge is -1.90. The van der Waals surface area contributed by atoms with E-state index in [0.717, 1.165) is 6.42 Å². The van der Waals surface area contributed by atoms with Gasteiger partial charge in [-0.3, -0.25) is 0 Å². The highest BCUT2D eigenvalue weighted by atomic mass is 14.8. The average molecular weight is 126 g/mol. The molecule has 0 amide bonds. The zero-order chi connectivity index (χ0) is 6.95. The summed E-state index contributed by atoms with van der Waals surface area (Å²) in [6, 6.07) is 0. The van der Waals surface area contributed by atoms with Crippen molar-refractivity contribution in [2.24, 2.45) is 0 Å². The lowest BCUT2D eigenvalue weighted by Crippen LogP contribution is -1.91. The second kappa shape index (κ2) is 7.54. The molecule has 0 aromatic carbocycles. The van der Waals surface area contributed by atoms with Gasteiger partial charge >= 0.3 is 0 Å². The van der Waals surface area contributed by atoms with Crippen LogP contribution in [0.4, 0.5) is 0 Å². The van der Waals surface area contributed by atoms with E-state index in [1.165, 1.54) is 19.3 Å². The standard InChI is InChI=1S/C8H16N/c1-3-4-5-6-7-8-9-2/h7,9H,3-6H2,1-2H3. The van der Waals surface area contributed by atoms with Crippen LogP contribution in [0.3, 0.4) is 0 Å². The Balaban J connectivity index is 2.82. The Labute approximate surface area is 58.2 Å². The van der Waals surface area contributed by atoms with Crippen LogP contribution in [0.1, 0.15) is 32.6 Å². The van der Waals surface area contributed by atoms with Gasteiger partial charge in [0.1, 0.15) is 0 Å². The number of nitrogens with one attached hydrogen (secondary N) is 1. The third kappa shape index (κ3) is 7.54. The number of rotatable bonds is 5. The molecule has 0 fully saturated rings. The van der Waals surface area contributed by atoms with Gasteiger partial charge in [-0.05, 0) is 12.8 Å². The van der Waals surface area contributed by atoms with Crippen molar-refractivity contribution in [2.75, 3.05) is 7.05 Å². The molecule has 1 radical (unpaired) electrons. The van der Waals surface area contributed by atoms with Crippen molar-refractivity contribution in [2.45, 2.75) is 32.6 Å². The summed E-state index contributed by atoms with van der Waals surface area (Å²) in [4.78, 5) is 0. The summed E-state index contributed by atoms with van der Waals surface area (Å²) in [6.45, 7) is 2.21. The Morgan fingerprint density at radius 2 is 2.22 bits per heavy atom. The highest BCUT2D eigenvalue weighted by Gasteiger charge is 1.79. The first-order chi connectivity index (χ1) is 4.41. The first-order valence-electron chi connectivity index (χ1n) is 3.65. The Hall–Kier alpha value is -0.460. The molecule has 1 nitrogen and oxygen atoms in total. The van der Waals surface area contributed by atoms with Gasteiger partial charge in [0, 0.05) is 7.05 Å². The summed E-state index contributed by atoms with van der Waals surface area (Å²) in [5, 5.41) is 2.84. The molecular formula is C8H16N. The van der Waals surface area contributed by atoms with Crippen LogP contribution in [0.15, 0.2) is 6.08 Å². The van der Waals surface area contributed by atoms with E-state index in [0.29, 0.717) is 0 Å². The van der Waals surface area contributed by atoms with E-state index in [1.54, 1.807) is 0 Å². The second-order valence-corrected chi connectivity index (χ2v) is 2.09. The van der Waals surface area contributed by atoms with Crippen LogP contribution < -0.4 is 5.32 Å². The molecule has 0 heterocycles. The van der Waals surface area contributed by atoms with E-state index in [9.17, 15) is 0 Å². The van der Waals surface area contributed by atoms with Crippen LogP contribution >= 0.6 is 0 Å². The fraction of sp³-hybridized carbons (Fsp3) is 0.750. The van der Waals surface area contributed by atoms with Crippen LogP contribution in [-0.4, -0.2) is 7.05 Å². The highest BCUT2D eigenvalue weighted by Crippen LogP contribution is 1.98. The van der Waals surface area contributed by atoms with Crippen LogP contribution in [0, 0.1) is 6.20 Å². The molecule has 0 aromatic heterocycles. The lowest BCUT2D eigenvalue weighted by molar-refractivity contribution is 0.726. The molecule has 9 heavy (non-hydrogen) atoms. The molecule has 53 valence electrons. The molecule has 0 saturated heterocycles. The Kier molecular flexibility index (Phi) is 7.15. The van der Waals surface area contributed by atoms with Gasteiger partial charge in [0.05, 0.1) is 6.20 Å². The fourth-order valence-electron chi connectivity index (χ4n) is 0.671. The van der Waals surface area contributed by atoms with Crippen LogP contribution in [0.25, 0.3) is 0 Å². The number of unbranched alkanes of at least 4 members (excludes halogenated alkanes) is 3. The van der Waals surface area contributed by atoms with Gasteiger partial charge in [-0.15, -0.1) is 0 Å². The Bertz CT molecular complexity index is 67.0. The summed E-state index contributed by atoms with van der Waals surface area (Å²) < 4.78 is 0. The van der Waals surface area contributed by atoms with Crippen molar-refractivity contribution in [3.05, 3.63) is 12.3 Å². The molecule has 0 aliphatic carbocycles. The van der Waals surface area contributed by atoms with E-state index in [2.05, 4.69) is 24.5 Å². The quantitative estimate of drug-likeness (QED) is 0.439. The molecule has 0 rings (SSSR count). The largest absolute Gasteiger partial charge is 0.387 e. The fourth-order valence-corrected chi connectivity index (χ4v) is 0.671. The minimum absolute atomic E-state index is 1.16. The number of hydrogen-bond donors (Lipinski definition) is 1. The number of hydrogen-bond acceptors (Lipinski definition) is 1. The van der Waals surface area contributed by atoms with Gasteiger partial charge in [-0.1, -0.05) is 25.8 Å². The highest BCUT2D eigenvalue weighted by molar-refractivity contribution is 4.69. The van der Waals surface area contributed by atoms with Crippen LogP contribution in [-0.2, 0) is 0 Å². The topological polar surface area (TPSA) is 12.0 Å². The third-order valence-corrected chi connectivity index (χ3v) is 1.20. The molecule has 0 atom stereocenters.